The van der Waals surface area contributed by atoms with Crippen LogP contribution in [0.4, 0.5) is 5.69 Å². The molecule has 0 fully saturated rings. The Morgan fingerprint density at radius 2 is 1.74 bits per heavy atom. The second-order valence-electron chi connectivity index (χ2n) is 7.25. The molecule has 2 heterocycles. The molecule has 0 aliphatic carbocycles. The van der Waals surface area contributed by atoms with E-state index in [0.29, 0.717) is 21.2 Å². The molecule has 5 aromatic rings. The molecule has 0 atom stereocenters. The van der Waals surface area contributed by atoms with E-state index >= 15 is 0 Å². The minimum atomic E-state index is -4.18. The molecular weight excluding hydrogens is 522 g/mol. The predicted octanol–water partition coefficient (Wildman–Crippen LogP) is 3.90. The molecule has 0 saturated heterocycles. The van der Waals surface area contributed by atoms with Crippen molar-refractivity contribution in [2.24, 2.45) is 5.14 Å². The molecule has 5 rings (SSSR count). The summed E-state index contributed by atoms with van der Waals surface area (Å²) in [6.45, 7) is 0. The van der Waals surface area contributed by atoms with Gasteiger partial charge in [0.05, 0.1) is 26.5 Å². The smallest absolute Gasteiger partial charge is 0.312 e. The van der Waals surface area contributed by atoms with Crippen molar-refractivity contribution in [3.05, 3.63) is 81.4 Å². The van der Waals surface area contributed by atoms with E-state index < -0.39 is 24.9 Å². The molecule has 3 aromatic carbocycles. The van der Waals surface area contributed by atoms with Crippen LogP contribution >= 0.6 is 22.9 Å². The van der Waals surface area contributed by atoms with E-state index in [-0.39, 0.29) is 26.4 Å². The molecule has 0 saturated carbocycles. The van der Waals surface area contributed by atoms with E-state index in [4.69, 9.17) is 21.2 Å². The maximum absolute atomic E-state index is 13.1. The Balaban J connectivity index is 1.65. The molecule has 0 unspecified atom stereocenters. The number of fused-ring (bicyclic) bond motifs is 2. The van der Waals surface area contributed by atoms with Crippen molar-refractivity contribution in [2.75, 3.05) is 4.72 Å². The van der Waals surface area contributed by atoms with Gasteiger partial charge in [-0.15, -0.1) is 0 Å². The zero-order chi connectivity index (χ0) is 24.3. The third kappa shape index (κ3) is 3.99. The molecule has 0 spiro atoms. The highest BCUT2D eigenvalue weighted by molar-refractivity contribution is 7.92. The number of nitrogens with one attached hydrogen (secondary N) is 1. The summed E-state index contributed by atoms with van der Waals surface area (Å²) in [6, 6.07) is 16.6. The van der Waals surface area contributed by atoms with Crippen LogP contribution in [0.3, 0.4) is 0 Å². The Hall–Kier alpha value is -3.16. The predicted molar refractivity (Wildman–Crippen MR) is 131 cm³/mol. The minimum Gasteiger partial charge on any atom is -0.443 e. The van der Waals surface area contributed by atoms with Crippen molar-refractivity contribution in [1.82, 2.24) is 4.57 Å². The number of para-hydroxylation sites is 1. The minimum absolute atomic E-state index is 0.0327. The molecule has 0 amide bonds. The number of sulfonamides is 2. The van der Waals surface area contributed by atoms with E-state index in [0.717, 1.165) is 11.3 Å². The topological polar surface area (TPSA) is 141 Å². The fourth-order valence-electron chi connectivity index (χ4n) is 3.47. The van der Waals surface area contributed by atoms with Gasteiger partial charge in [0.1, 0.15) is 5.58 Å². The number of nitrogens with two attached hydrogens (primary N) is 1. The van der Waals surface area contributed by atoms with Crippen molar-refractivity contribution < 1.29 is 21.3 Å². The van der Waals surface area contributed by atoms with E-state index in [1.165, 1.54) is 47.0 Å². The standard InChI is InChI=1S/C21H14ClN3O6S3/c22-13-5-7-16(25-17-8-6-14(33(23,27)28)11-19(17)32-21(25)26)15(10-13)24-34(29,30)20-9-12-3-1-2-4-18(12)31-20/h1-11,24H,(H2,23,27,28). The highest BCUT2D eigenvalue weighted by Gasteiger charge is 2.23. The second kappa shape index (κ2) is 7.96. The van der Waals surface area contributed by atoms with Crippen LogP contribution in [0.2, 0.25) is 5.02 Å². The largest absolute Gasteiger partial charge is 0.443 e. The number of hydrogen-bond donors (Lipinski definition) is 2. The molecule has 34 heavy (non-hydrogen) atoms. The third-order valence-corrected chi connectivity index (χ3v) is 8.26. The Morgan fingerprint density at radius 3 is 2.47 bits per heavy atom. The lowest BCUT2D eigenvalue weighted by Crippen LogP contribution is -2.17. The van der Waals surface area contributed by atoms with E-state index in [1.54, 1.807) is 24.3 Å². The first kappa shape index (κ1) is 22.6. The maximum Gasteiger partial charge on any atom is 0.312 e. The molecule has 0 radical (unpaired) electrons. The van der Waals surface area contributed by atoms with Crippen molar-refractivity contribution in [2.45, 2.75) is 9.99 Å². The number of aromatic nitrogens is 1. The highest BCUT2D eigenvalue weighted by Crippen LogP contribution is 2.32. The van der Waals surface area contributed by atoms with Crippen LogP contribution < -0.4 is 14.7 Å². The number of hydrogen-bond acceptors (Lipinski definition) is 7. The van der Waals surface area contributed by atoms with Gasteiger partial charge in [0.15, 0.2) is 0 Å². The number of anilines is 1. The van der Waals surface area contributed by atoms with Crippen LogP contribution in [-0.2, 0) is 20.0 Å². The number of halogens is 1. The molecular formula is C21H14ClN3O6S3. The maximum atomic E-state index is 13.1. The molecule has 0 aliphatic rings. The van der Waals surface area contributed by atoms with Gasteiger partial charge in [-0.1, -0.05) is 41.1 Å². The van der Waals surface area contributed by atoms with Crippen molar-refractivity contribution in [1.29, 1.82) is 0 Å². The first-order valence-electron chi connectivity index (χ1n) is 9.53. The zero-order valence-corrected chi connectivity index (χ0v) is 20.1. The zero-order valence-electron chi connectivity index (χ0n) is 16.9. The Kier molecular flexibility index (Phi) is 5.30. The summed E-state index contributed by atoms with van der Waals surface area (Å²) >= 11 is 6.92. The fraction of sp³-hybridized carbons (Fsp3) is 0. The lowest BCUT2D eigenvalue weighted by atomic mass is 10.2. The molecule has 3 N–H and O–H groups in total. The van der Waals surface area contributed by atoms with Gasteiger partial charge in [-0.2, -0.15) is 8.42 Å². The molecule has 9 nitrogen and oxygen atoms in total. The average molecular weight is 536 g/mol. The third-order valence-electron chi connectivity index (χ3n) is 4.99. The lowest BCUT2D eigenvalue weighted by molar-refractivity contribution is 0.484. The van der Waals surface area contributed by atoms with E-state index in [9.17, 15) is 21.6 Å². The fourth-order valence-corrected chi connectivity index (χ4v) is 6.22. The van der Waals surface area contributed by atoms with Gasteiger partial charge in [0.25, 0.3) is 10.0 Å². The van der Waals surface area contributed by atoms with E-state index in [1.807, 2.05) is 0 Å². The average Bonchev–Trinajstić information content (AvgIpc) is 3.34. The quantitative estimate of drug-likeness (QED) is 0.349. The van der Waals surface area contributed by atoms with Crippen molar-refractivity contribution in [3.63, 3.8) is 0 Å². The van der Waals surface area contributed by atoms with Crippen LogP contribution in [0, 0.1) is 0 Å². The van der Waals surface area contributed by atoms with E-state index in [2.05, 4.69) is 4.72 Å². The number of furan rings is 1. The number of thiazole rings is 1. The molecule has 174 valence electrons. The summed E-state index contributed by atoms with van der Waals surface area (Å²) in [5.41, 5.74) is 1.00. The first-order chi connectivity index (χ1) is 16.0. The normalized spacial score (nSPS) is 12.4. The van der Waals surface area contributed by atoms with Crippen molar-refractivity contribution in [3.8, 4) is 5.69 Å². The Morgan fingerprint density at radius 1 is 0.971 bits per heavy atom. The monoisotopic (exact) mass is 535 g/mol. The summed E-state index contributed by atoms with van der Waals surface area (Å²) in [6.07, 6.45) is 0. The summed E-state index contributed by atoms with van der Waals surface area (Å²) in [5, 5.41) is 5.73. The number of nitrogens with zero attached hydrogens (tertiary/aromatic N) is 1. The molecule has 0 bridgehead atoms. The van der Waals surface area contributed by atoms with Crippen LogP contribution in [0.15, 0.2) is 85.9 Å². The number of rotatable bonds is 5. The SMILES string of the molecule is NS(=O)(=O)c1ccc2c(c1)sc(=O)n2-c1ccc(Cl)cc1NS(=O)(=O)c1cc2ccccc2o1. The summed E-state index contributed by atoms with van der Waals surface area (Å²) in [7, 11) is -8.15. The molecule has 0 aliphatic heterocycles. The Labute approximate surface area is 202 Å². The first-order valence-corrected chi connectivity index (χ1v) is 13.7. The second-order valence-corrected chi connectivity index (χ2v) is 11.9. The van der Waals surface area contributed by atoms with Gasteiger partial charge < -0.3 is 4.42 Å². The van der Waals surface area contributed by atoms with Gasteiger partial charge in [0.2, 0.25) is 15.1 Å². The van der Waals surface area contributed by atoms with Crippen LogP contribution in [0.25, 0.3) is 26.9 Å². The molecule has 13 heteroatoms. The molecule has 2 aromatic heterocycles. The van der Waals surface area contributed by atoms with Gasteiger partial charge >= 0.3 is 4.87 Å². The number of benzene rings is 3. The summed E-state index contributed by atoms with van der Waals surface area (Å²) in [5.74, 6) is 0. The lowest BCUT2D eigenvalue weighted by Gasteiger charge is -2.13. The Bertz CT molecular complexity index is 1840. The van der Waals surface area contributed by atoms with Crippen LogP contribution in [-0.4, -0.2) is 21.4 Å². The summed E-state index contributed by atoms with van der Waals surface area (Å²) < 4.78 is 59.1. The van der Waals surface area contributed by atoms with Gasteiger partial charge in [0, 0.05) is 16.5 Å². The van der Waals surface area contributed by atoms with Gasteiger partial charge in [-0.25, -0.2) is 13.6 Å². The van der Waals surface area contributed by atoms with Crippen molar-refractivity contribution >= 4 is 69.9 Å². The number of primary sulfonamides is 1. The highest BCUT2D eigenvalue weighted by atomic mass is 35.5. The van der Waals surface area contributed by atoms with Gasteiger partial charge in [-0.05, 0) is 42.5 Å². The summed E-state index contributed by atoms with van der Waals surface area (Å²) in [4.78, 5) is 12.3. The van der Waals surface area contributed by atoms with Crippen LogP contribution in [0.1, 0.15) is 0 Å². The van der Waals surface area contributed by atoms with Gasteiger partial charge in [-0.3, -0.25) is 14.1 Å². The van der Waals surface area contributed by atoms with Crippen LogP contribution in [0.5, 0.6) is 0 Å².